The molecule has 29 heavy (non-hydrogen) atoms. The van der Waals surface area contributed by atoms with E-state index in [0.29, 0.717) is 18.2 Å². The Morgan fingerprint density at radius 2 is 1.76 bits per heavy atom. The van der Waals surface area contributed by atoms with E-state index in [1.165, 1.54) is 0 Å². The molecule has 3 rings (SSSR count). The second kappa shape index (κ2) is 10.2. The van der Waals surface area contributed by atoms with E-state index < -0.39 is 12.1 Å². The molecule has 1 unspecified atom stereocenters. The molecule has 0 aromatic heterocycles. The molecule has 0 saturated carbocycles. The zero-order valence-corrected chi connectivity index (χ0v) is 16.9. The SMILES string of the molecule is C=CCOCC(COCc1c2ccccc2cc2ccc(Cl)cc12)OC(=O)C=C. The Morgan fingerprint density at radius 3 is 2.55 bits per heavy atom. The third kappa shape index (κ3) is 5.45. The lowest BCUT2D eigenvalue weighted by molar-refractivity contribution is -0.150. The molecule has 0 N–H and O–H groups in total. The molecular formula is C24H23ClO4. The van der Waals surface area contributed by atoms with Gasteiger partial charge in [0.1, 0.15) is 6.10 Å². The molecule has 0 aliphatic carbocycles. The van der Waals surface area contributed by atoms with Crippen LogP contribution in [0, 0.1) is 0 Å². The van der Waals surface area contributed by atoms with Crippen molar-refractivity contribution < 1.29 is 19.0 Å². The summed E-state index contributed by atoms with van der Waals surface area (Å²) < 4.78 is 16.7. The van der Waals surface area contributed by atoms with Gasteiger partial charge in [-0.3, -0.25) is 0 Å². The van der Waals surface area contributed by atoms with Gasteiger partial charge in [0.25, 0.3) is 0 Å². The zero-order valence-electron chi connectivity index (χ0n) is 16.1. The van der Waals surface area contributed by atoms with Crippen molar-refractivity contribution in [2.45, 2.75) is 12.7 Å². The minimum atomic E-state index is -0.537. The van der Waals surface area contributed by atoms with Gasteiger partial charge < -0.3 is 14.2 Å². The van der Waals surface area contributed by atoms with E-state index in [1.807, 2.05) is 30.3 Å². The molecule has 0 heterocycles. The Balaban J connectivity index is 1.82. The van der Waals surface area contributed by atoms with E-state index in [4.69, 9.17) is 25.8 Å². The Bertz CT molecular complexity index is 1030. The molecule has 0 spiro atoms. The number of carbonyl (C=O) groups excluding carboxylic acids is 1. The van der Waals surface area contributed by atoms with Crippen LogP contribution in [0.3, 0.4) is 0 Å². The van der Waals surface area contributed by atoms with Crippen molar-refractivity contribution in [2.75, 3.05) is 19.8 Å². The summed E-state index contributed by atoms with van der Waals surface area (Å²) in [4.78, 5) is 11.6. The molecule has 3 aromatic carbocycles. The maximum absolute atomic E-state index is 11.6. The Hall–Kier alpha value is -2.66. The van der Waals surface area contributed by atoms with Crippen LogP contribution in [0.5, 0.6) is 0 Å². The summed E-state index contributed by atoms with van der Waals surface area (Å²) in [6.07, 6.45) is 2.23. The van der Waals surface area contributed by atoms with Crippen molar-refractivity contribution in [1.29, 1.82) is 0 Å². The average molecular weight is 411 g/mol. The number of ether oxygens (including phenoxy) is 3. The maximum atomic E-state index is 11.6. The minimum Gasteiger partial charge on any atom is -0.454 e. The third-order valence-corrected chi connectivity index (χ3v) is 4.71. The summed E-state index contributed by atoms with van der Waals surface area (Å²) in [6.45, 7) is 8.17. The van der Waals surface area contributed by atoms with Crippen molar-refractivity contribution in [1.82, 2.24) is 0 Å². The standard InChI is InChI=1S/C24H23ClO4/c1-3-11-27-14-20(29-24(26)4-2)15-28-16-23-21-8-6-5-7-17(21)12-18-9-10-19(25)13-22(18)23/h3-10,12-13,20H,1-2,11,14-16H2. The topological polar surface area (TPSA) is 44.8 Å². The van der Waals surface area contributed by atoms with Crippen LogP contribution in [0.4, 0.5) is 0 Å². The van der Waals surface area contributed by atoms with Gasteiger partial charge in [0.15, 0.2) is 0 Å². The van der Waals surface area contributed by atoms with E-state index >= 15 is 0 Å². The minimum absolute atomic E-state index is 0.196. The lowest BCUT2D eigenvalue weighted by Crippen LogP contribution is -2.28. The lowest BCUT2D eigenvalue weighted by atomic mass is 9.97. The van der Waals surface area contributed by atoms with Crippen LogP contribution >= 0.6 is 11.6 Å². The molecule has 5 heteroatoms. The molecule has 150 valence electrons. The highest BCUT2D eigenvalue weighted by Gasteiger charge is 2.15. The van der Waals surface area contributed by atoms with Gasteiger partial charge in [-0.15, -0.1) is 6.58 Å². The largest absolute Gasteiger partial charge is 0.454 e. The van der Waals surface area contributed by atoms with E-state index in [2.05, 4.69) is 31.4 Å². The second-order valence-corrected chi connectivity index (χ2v) is 6.98. The lowest BCUT2D eigenvalue weighted by Gasteiger charge is -2.18. The fourth-order valence-corrected chi connectivity index (χ4v) is 3.36. The van der Waals surface area contributed by atoms with Crippen LogP contribution in [-0.2, 0) is 25.6 Å². The van der Waals surface area contributed by atoms with Crippen molar-refractivity contribution in [3.8, 4) is 0 Å². The van der Waals surface area contributed by atoms with Gasteiger partial charge in [-0.25, -0.2) is 4.79 Å². The molecule has 0 saturated heterocycles. The summed E-state index contributed by atoms with van der Waals surface area (Å²) in [5.41, 5.74) is 1.04. The van der Waals surface area contributed by atoms with E-state index in [0.717, 1.165) is 33.2 Å². The van der Waals surface area contributed by atoms with Gasteiger partial charge in [-0.1, -0.05) is 54.6 Å². The highest BCUT2D eigenvalue weighted by Crippen LogP contribution is 2.31. The number of carbonyl (C=O) groups is 1. The molecule has 0 aliphatic heterocycles. The normalized spacial score (nSPS) is 12.0. The van der Waals surface area contributed by atoms with Gasteiger partial charge in [-0.2, -0.15) is 0 Å². The van der Waals surface area contributed by atoms with E-state index in [9.17, 15) is 4.79 Å². The number of hydrogen-bond acceptors (Lipinski definition) is 4. The summed E-state index contributed by atoms with van der Waals surface area (Å²) in [5.74, 6) is -0.511. The number of benzene rings is 3. The maximum Gasteiger partial charge on any atom is 0.330 e. The Morgan fingerprint density at radius 1 is 1.00 bits per heavy atom. The Labute approximate surface area is 175 Å². The van der Waals surface area contributed by atoms with E-state index in [-0.39, 0.29) is 13.2 Å². The predicted octanol–water partition coefficient (Wildman–Crippen LogP) is 5.46. The van der Waals surface area contributed by atoms with Crippen LogP contribution in [0.15, 0.2) is 73.8 Å². The molecule has 3 aromatic rings. The highest BCUT2D eigenvalue weighted by molar-refractivity contribution is 6.31. The van der Waals surface area contributed by atoms with Gasteiger partial charge in [0.2, 0.25) is 0 Å². The van der Waals surface area contributed by atoms with Crippen LogP contribution in [0.25, 0.3) is 21.5 Å². The number of rotatable bonds is 10. The Kier molecular flexibility index (Phi) is 7.42. The molecular weight excluding hydrogens is 388 g/mol. The summed E-state index contributed by atoms with van der Waals surface area (Å²) in [7, 11) is 0. The predicted molar refractivity (Wildman–Crippen MR) is 117 cm³/mol. The van der Waals surface area contributed by atoms with E-state index in [1.54, 1.807) is 6.08 Å². The summed E-state index contributed by atoms with van der Waals surface area (Å²) in [5, 5.41) is 5.04. The highest BCUT2D eigenvalue weighted by atomic mass is 35.5. The monoisotopic (exact) mass is 410 g/mol. The fourth-order valence-electron chi connectivity index (χ4n) is 3.19. The summed E-state index contributed by atoms with van der Waals surface area (Å²) >= 11 is 6.24. The number of esters is 1. The molecule has 0 aliphatic rings. The van der Waals surface area contributed by atoms with Gasteiger partial charge in [-0.05, 0) is 45.3 Å². The first-order chi connectivity index (χ1) is 14.1. The number of halogens is 1. The van der Waals surface area contributed by atoms with Crippen LogP contribution < -0.4 is 0 Å². The van der Waals surface area contributed by atoms with Crippen LogP contribution in [0.1, 0.15) is 5.56 Å². The van der Waals surface area contributed by atoms with Crippen LogP contribution in [0.2, 0.25) is 5.02 Å². The number of fused-ring (bicyclic) bond motifs is 2. The summed E-state index contributed by atoms with van der Waals surface area (Å²) in [6, 6.07) is 16.1. The van der Waals surface area contributed by atoms with Gasteiger partial charge in [0.05, 0.1) is 26.4 Å². The van der Waals surface area contributed by atoms with Crippen molar-refractivity contribution >= 4 is 39.1 Å². The smallest absolute Gasteiger partial charge is 0.330 e. The zero-order chi connectivity index (χ0) is 20.6. The van der Waals surface area contributed by atoms with Crippen molar-refractivity contribution in [2.24, 2.45) is 0 Å². The third-order valence-electron chi connectivity index (χ3n) is 4.48. The second-order valence-electron chi connectivity index (χ2n) is 6.55. The molecule has 4 nitrogen and oxygen atoms in total. The fraction of sp³-hybridized carbons (Fsp3) is 0.208. The quantitative estimate of drug-likeness (QED) is 0.146. The molecule has 0 amide bonds. The first kappa shape index (κ1) is 21.1. The van der Waals surface area contributed by atoms with Gasteiger partial charge in [0, 0.05) is 11.1 Å². The molecule has 0 fully saturated rings. The van der Waals surface area contributed by atoms with Crippen molar-refractivity contribution in [3.63, 3.8) is 0 Å². The molecule has 1 atom stereocenters. The molecule has 0 bridgehead atoms. The number of hydrogen-bond donors (Lipinski definition) is 0. The van der Waals surface area contributed by atoms with Crippen LogP contribution in [-0.4, -0.2) is 31.9 Å². The molecule has 0 radical (unpaired) electrons. The average Bonchev–Trinajstić information content (AvgIpc) is 2.73. The first-order valence-electron chi connectivity index (χ1n) is 9.31. The first-order valence-corrected chi connectivity index (χ1v) is 9.69. The van der Waals surface area contributed by atoms with Gasteiger partial charge >= 0.3 is 5.97 Å². The van der Waals surface area contributed by atoms with Crippen molar-refractivity contribution in [3.05, 3.63) is 84.4 Å².